The molecule has 0 aliphatic carbocycles. The lowest BCUT2D eigenvalue weighted by Crippen LogP contribution is -2.14. The molecule has 4 nitrogen and oxygen atoms in total. The second kappa shape index (κ2) is 5.61. The van der Waals surface area contributed by atoms with Crippen LogP contribution in [0.2, 0.25) is 0 Å². The van der Waals surface area contributed by atoms with Gasteiger partial charge in [-0.3, -0.25) is 0 Å². The van der Waals surface area contributed by atoms with Gasteiger partial charge in [-0.2, -0.15) is 13.2 Å². The molecule has 1 aromatic rings. The van der Waals surface area contributed by atoms with Crippen molar-refractivity contribution < 1.29 is 27.5 Å². The van der Waals surface area contributed by atoms with Crippen LogP contribution in [-0.2, 0) is 22.1 Å². The number of carbonyl (C=O) groups is 2. The monoisotopic (exact) mass is 261 g/mol. The van der Waals surface area contributed by atoms with Crippen molar-refractivity contribution in [2.24, 2.45) is 0 Å². The van der Waals surface area contributed by atoms with E-state index in [-0.39, 0.29) is 24.3 Å². The standard InChI is InChI=1S/C11H10F3NO3/c1-2-18-10(17)9-7(3-4-16)5-8(6-15-9)11(12,13)14/h4-6H,2-3H2,1H3. The van der Waals surface area contributed by atoms with Crippen LogP contribution >= 0.6 is 0 Å². The van der Waals surface area contributed by atoms with Gasteiger partial charge in [0, 0.05) is 12.6 Å². The molecule has 18 heavy (non-hydrogen) atoms. The van der Waals surface area contributed by atoms with Crippen LogP contribution in [0.3, 0.4) is 0 Å². The van der Waals surface area contributed by atoms with Crippen LogP contribution in [-0.4, -0.2) is 23.8 Å². The quantitative estimate of drug-likeness (QED) is 0.614. The maximum atomic E-state index is 12.4. The smallest absolute Gasteiger partial charge is 0.417 e. The Kier molecular flexibility index (Phi) is 4.41. The minimum absolute atomic E-state index is 0.0715. The Balaban J connectivity index is 3.20. The molecule has 1 aromatic heterocycles. The van der Waals surface area contributed by atoms with Gasteiger partial charge in [0.25, 0.3) is 0 Å². The number of nitrogens with zero attached hydrogens (tertiary/aromatic N) is 1. The van der Waals surface area contributed by atoms with Gasteiger partial charge in [0.05, 0.1) is 12.2 Å². The fourth-order valence-electron chi connectivity index (χ4n) is 1.29. The van der Waals surface area contributed by atoms with E-state index >= 15 is 0 Å². The number of carbonyl (C=O) groups excluding carboxylic acids is 2. The molecule has 0 unspecified atom stereocenters. The predicted octanol–water partition coefficient (Wildman–Crippen LogP) is 2.02. The molecular weight excluding hydrogens is 251 g/mol. The Morgan fingerprint density at radius 1 is 1.50 bits per heavy atom. The summed E-state index contributed by atoms with van der Waals surface area (Å²) in [5, 5.41) is 0. The number of hydrogen-bond donors (Lipinski definition) is 0. The van der Waals surface area contributed by atoms with E-state index in [1.807, 2.05) is 0 Å². The zero-order valence-corrected chi connectivity index (χ0v) is 9.45. The molecule has 0 aromatic carbocycles. The maximum absolute atomic E-state index is 12.4. The number of pyridine rings is 1. The van der Waals surface area contributed by atoms with E-state index in [0.717, 1.165) is 6.07 Å². The summed E-state index contributed by atoms with van der Waals surface area (Å²) in [5.41, 5.74) is -1.37. The highest BCUT2D eigenvalue weighted by Crippen LogP contribution is 2.29. The van der Waals surface area contributed by atoms with Gasteiger partial charge >= 0.3 is 12.1 Å². The number of aromatic nitrogens is 1. The van der Waals surface area contributed by atoms with Crippen molar-refractivity contribution in [3.8, 4) is 0 Å². The molecular formula is C11H10F3NO3. The van der Waals surface area contributed by atoms with Crippen molar-refractivity contribution in [2.45, 2.75) is 19.5 Å². The van der Waals surface area contributed by atoms with Gasteiger partial charge in [-0.15, -0.1) is 0 Å². The van der Waals surface area contributed by atoms with Crippen LogP contribution in [0.25, 0.3) is 0 Å². The first-order valence-corrected chi connectivity index (χ1v) is 5.07. The Morgan fingerprint density at radius 3 is 2.67 bits per heavy atom. The number of aldehydes is 1. The Hall–Kier alpha value is -1.92. The van der Waals surface area contributed by atoms with E-state index in [9.17, 15) is 22.8 Å². The molecule has 0 bridgehead atoms. The number of esters is 1. The first-order chi connectivity index (χ1) is 8.40. The van der Waals surface area contributed by atoms with Crippen molar-refractivity contribution in [1.29, 1.82) is 0 Å². The van der Waals surface area contributed by atoms with E-state index in [1.165, 1.54) is 0 Å². The first kappa shape index (κ1) is 14.1. The average Bonchev–Trinajstić information content (AvgIpc) is 2.28. The lowest BCUT2D eigenvalue weighted by atomic mass is 10.1. The van der Waals surface area contributed by atoms with E-state index in [0.29, 0.717) is 12.5 Å². The highest BCUT2D eigenvalue weighted by molar-refractivity contribution is 5.89. The molecule has 0 saturated carbocycles. The first-order valence-electron chi connectivity index (χ1n) is 5.07. The topological polar surface area (TPSA) is 56.3 Å². The van der Waals surface area contributed by atoms with Gasteiger partial charge in [0.15, 0.2) is 5.69 Å². The molecule has 0 amide bonds. The zero-order chi connectivity index (χ0) is 13.8. The van der Waals surface area contributed by atoms with Gasteiger partial charge in [-0.05, 0) is 18.6 Å². The second-order valence-corrected chi connectivity index (χ2v) is 3.32. The van der Waals surface area contributed by atoms with E-state index in [1.54, 1.807) is 6.92 Å². The van der Waals surface area contributed by atoms with Gasteiger partial charge in [-0.1, -0.05) is 0 Å². The molecule has 0 radical (unpaired) electrons. The summed E-state index contributed by atoms with van der Waals surface area (Å²) in [6, 6.07) is 0.730. The minimum atomic E-state index is -4.57. The Morgan fingerprint density at radius 2 is 2.17 bits per heavy atom. The fourth-order valence-corrected chi connectivity index (χ4v) is 1.29. The predicted molar refractivity (Wildman–Crippen MR) is 55.0 cm³/mol. The third kappa shape index (κ3) is 3.28. The molecule has 0 aliphatic rings. The fraction of sp³-hybridized carbons (Fsp3) is 0.364. The van der Waals surface area contributed by atoms with Gasteiger partial charge < -0.3 is 9.53 Å². The summed E-state index contributed by atoms with van der Waals surface area (Å²) in [6.07, 6.45) is -3.96. The molecule has 7 heteroatoms. The summed E-state index contributed by atoms with van der Waals surface area (Å²) in [7, 11) is 0. The van der Waals surface area contributed by atoms with Crippen molar-refractivity contribution in [3.05, 3.63) is 29.1 Å². The molecule has 1 heterocycles. The average molecular weight is 261 g/mol. The Bertz CT molecular complexity index is 457. The van der Waals surface area contributed by atoms with Crippen LogP contribution in [0.15, 0.2) is 12.3 Å². The number of rotatable bonds is 4. The van der Waals surface area contributed by atoms with Crippen molar-refractivity contribution in [2.75, 3.05) is 6.61 Å². The molecule has 0 atom stereocenters. The molecule has 0 saturated heterocycles. The third-order valence-electron chi connectivity index (χ3n) is 2.07. The molecule has 1 rings (SSSR count). The SMILES string of the molecule is CCOC(=O)c1ncc(C(F)(F)F)cc1CC=O. The molecule has 0 N–H and O–H groups in total. The highest BCUT2D eigenvalue weighted by atomic mass is 19.4. The lowest BCUT2D eigenvalue weighted by Gasteiger charge is -2.10. The van der Waals surface area contributed by atoms with E-state index in [2.05, 4.69) is 9.72 Å². The van der Waals surface area contributed by atoms with E-state index in [4.69, 9.17) is 0 Å². The maximum Gasteiger partial charge on any atom is 0.417 e. The van der Waals surface area contributed by atoms with Crippen molar-refractivity contribution >= 4 is 12.3 Å². The van der Waals surface area contributed by atoms with Crippen molar-refractivity contribution in [1.82, 2.24) is 4.98 Å². The van der Waals surface area contributed by atoms with Gasteiger partial charge in [-0.25, -0.2) is 9.78 Å². The number of ether oxygens (including phenoxy) is 1. The van der Waals surface area contributed by atoms with E-state index < -0.39 is 17.7 Å². The molecule has 0 aliphatic heterocycles. The third-order valence-corrected chi connectivity index (χ3v) is 2.07. The molecule has 0 spiro atoms. The van der Waals surface area contributed by atoms with Crippen molar-refractivity contribution in [3.63, 3.8) is 0 Å². The summed E-state index contributed by atoms with van der Waals surface area (Å²) in [4.78, 5) is 25.3. The minimum Gasteiger partial charge on any atom is -0.461 e. The van der Waals surface area contributed by atoms with Crippen LogP contribution in [0, 0.1) is 0 Å². The summed E-state index contributed by atoms with van der Waals surface area (Å²) in [5.74, 6) is -0.844. The molecule has 0 fully saturated rings. The van der Waals surface area contributed by atoms with Crippen LogP contribution in [0.1, 0.15) is 28.5 Å². The largest absolute Gasteiger partial charge is 0.461 e. The molecule has 98 valence electrons. The zero-order valence-electron chi connectivity index (χ0n) is 9.45. The van der Waals surface area contributed by atoms with Crippen LogP contribution < -0.4 is 0 Å². The summed E-state index contributed by atoms with van der Waals surface area (Å²) < 4.78 is 42.0. The van der Waals surface area contributed by atoms with Crippen LogP contribution in [0.5, 0.6) is 0 Å². The highest BCUT2D eigenvalue weighted by Gasteiger charge is 2.32. The van der Waals surface area contributed by atoms with Gasteiger partial charge in [0.2, 0.25) is 0 Å². The number of halogens is 3. The van der Waals surface area contributed by atoms with Gasteiger partial charge in [0.1, 0.15) is 6.29 Å². The number of hydrogen-bond acceptors (Lipinski definition) is 4. The number of alkyl halides is 3. The summed E-state index contributed by atoms with van der Waals surface area (Å²) in [6.45, 7) is 1.63. The second-order valence-electron chi connectivity index (χ2n) is 3.32. The Labute approximate surface area is 101 Å². The lowest BCUT2D eigenvalue weighted by molar-refractivity contribution is -0.138. The normalized spacial score (nSPS) is 11.1. The summed E-state index contributed by atoms with van der Waals surface area (Å²) >= 11 is 0. The van der Waals surface area contributed by atoms with Crippen LogP contribution in [0.4, 0.5) is 13.2 Å².